The molecule has 0 bridgehead atoms. The molecule has 0 aliphatic heterocycles. The molecule has 1 rings (SSSR count). The van der Waals surface area contributed by atoms with Gasteiger partial charge < -0.3 is 11.1 Å². The van der Waals surface area contributed by atoms with Crippen LogP contribution >= 0.6 is 15.9 Å². The molecule has 0 fully saturated rings. The Bertz CT molecular complexity index is 454. The quantitative estimate of drug-likeness (QED) is 0.659. The minimum atomic E-state index is -4.26. The van der Waals surface area contributed by atoms with Crippen LogP contribution in [0.5, 0.6) is 0 Å². The molecule has 100 valence electrons. The van der Waals surface area contributed by atoms with Crippen molar-refractivity contribution in [1.82, 2.24) is 5.32 Å². The van der Waals surface area contributed by atoms with Crippen molar-refractivity contribution in [3.63, 3.8) is 0 Å². The van der Waals surface area contributed by atoms with Crippen LogP contribution in [0.3, 0.4) is 0 Å². The van der Waals surface area contributed by atoms with Gasteiger partial charge >= 0.3 is 12.3 Å². The molecule has 0 unspecified atom stereocenters. The van der Waals surface area contributed by atoms with E-state index in [0.29, 0.717) is 0 Å². The average Bonchev–Trinajstić information content (AvgIpc) is 2.29. The monoisotopic (exact) mass is 328 g/mol. The third-order valence-electron chi connectivity index (χ3n) is 2.08. The van der Waals surface area contributed by atoms with Crippen LogP contribution in [0.4, 0.5) is 23.2 Å². The first-order valence-corrected chi connectivity index (χ1v) is 5.53. The predicted octanol–water partition coefficient (Wildman–Crippen LogP) is 2.66. The van der Waals surface area contributed by atoms with Crippen LogP contribution in [-0.2, 0) is 0 Å². The third kappa shape index (κ3) is 3.34. The summed E-state index contributed by atoms with van der Waals surface area (Å²) in [5, 5.41) is 1.73. The van der Waals surface area contributed by atoms with Gasteiger partial charge in [0.05, 0.1) is 16.6 Å². The van der Waals surface area contributed by atoms with Gasteiger partial charge in [-0.3, -0.25) is 4.79 Å². The summed E-state index contributed by atoms with van der Waals surface area (Å²) in [4.78, 5) is 11.5. The van der Waals surface area contributed by atoms with Crippen LogP contribution in [-0.4, -0.2) is 24.8 Å². The topological polar surface area (TPSA) is 55.1 Å². The number of anilines is 1. The number of carbonyl (C=O) groups excluding carboxylic acids is 1. The molecule has 0 aliphatic rings. The van der Waals surface area contributed by atoms with Crippen molar-refractivity contribution in [3.05, 3.63) is 28.2 Å². The Kier molecular flexibility index (Phi) is 4.55. The van der Waals surface area contributed by atoms with Crippen molar-refractivity contribution in [2.75, 3.05) is 12.3 Å². The SMILES string of the molecule is Nc1cccc(C(=O)NCC(F)(F)C(F)F)c1Br. The molecule has 0 saturated carbocycles. The van der Waals surface area contributed by atoms with Crippen LogP contribution < -0.4 is 11.1 Å². The summed E-state index contributed by atoms with van der Waals surface area (Å²) in [5.74, 6) is -5.17. The molecule has 18 heavy (non-hydrogen) atoms. The van der Waals surface area contributed by atoms with Gasteiger partial charge in [0.2, 0.25) is 0 Å². The summed E-state index contributed by atoms with van der Waals surface area (Å²) in [6, 6.07) is 4.27. The Morgan fingerprint density at radius 2 is 2.06 bits per heavy atom. The van der Waals surface area contributed by atoms with E-state index in [1.807, 2.05) is 0 Å². The number of carbonyl (C=O) groups is 1. The molecule has 3 N–H and O–H groups in total. The van der Waals surface area contributed by atoms with Crippen molar-refractivity contribution < 1.29 is 22.4 Å². The van der Waals surface area contributed by atoms with E-state index in [4.69, 9.17) is 5.73 Å². The van der Waals surface area contributed by atoms with Crippen molar-refractivity contribution in [1.29, 1.82) is 0 Å². The Labute approximate surface area is 108 Å². The van der Waals surface area contributed by atoms with Crippen molar-refractivity contribution in [2.24, 2.45) is 0 Å². The molecule has 0 spiro atoms. The molecule has 0 aliphatic carbocycles. The van der Waals surface area contributed by atoms with Gasteiger partial charge in [-0.2, -0.15) is 8.78 Å². The summed E-state index contributed by atoms with van der Waals surface area (Å²) >= 11 is 3.01. The molecule has 0 atom stereocenters. The van der Waals surface area contributed by atoms with Crippen molar-refractivity contribution in [3.8, 4) is 0 Å². The second kappa shape index (κ2) is 5.55. The fourth-order valence-corrected chi connectivity index (χ4v) is 1.54. The zero-order chi connectivity index (χ0) is 13.9. The van der Waals surface area contributed by atoms with Gasteiger partial charge in [-0.1, -0.05) is 6.07 Å². The fraction of sp³-hybridized carbons (Fsp3) is 0.300. The highest BCUT2D eigenvalue weighted by Gasteiger charge is 2.40. The van der Waals surface area contributed by atoms with Gasteiger partial charge in [-0.25, -0.2) is 8.78 Å². The number of hydrogen-bond acceptors (Lipinski definition) is 2. The van der Waals surface area contributed by atoms with Crippen molar-refractivity contribution in [2.45, 2.75) is 12.3 Å². The number of nitrogens with one attached hydrogen (secondary N) is 1. The van der Waals surface area contributed by atoms with Gasteiger partial charge in [0.1, 0.15) is 0 Å². The first kappa shape index (κ1) is 14.7. The van der Waals surface area contributed by atoms with E-state index in [0.717, 1.165) is 0 Å². The number of rotatable bonds is 4. The zero-order valence-corrected chi connectivity index (χ0v) is 10.5. The van der Waals surface area contributed by atoms with Crippen LogP contribution in [0.25, 0.3) is 0 Å². The van der Waals surface area contributed by atoms with Gasteiger partial charge in [0.15, 0.2) is 0 Å². The maximum atomic E-state index is 12.6. The highest BCUT2D eigenvalue weighted by molar-refractivity contribution is 9.10. The molecule has 1 aromatic carbocycles. The molecular formula is C10H9BrF4N2O. The van der Waals surface area contributed by atoms with Gasteiger partial charge in [0.25, 0.3) is 5.91 Å². The lowest BCUT2D eigenvalue weighted by molar-refractivity contribution is -0.123. The highest BCUT2D eigenvalue weighted by atomic mass is 79.9. The van der Waals surface area contributed by atoms with E-state index in [1.54, 1.807) is 5.32 Å². The van der Waals surface area contributed by atoms with Crippen LogP contribution in [0.1, 0.15) is 10.4 Å². The van der Waals surface area contributed by atoms with Gasteiger partial charge in [0, 0.05) is 5.69 Å². The Balaban J connectivity index is 2.75. The summed E-state index contributed by atoms with van der Waals surface area (Å²) < 4.78 is 49.2. The number of nitrogens with two attached hydrogens (primary N) is 1. The molecule has 1 aromatic rings. The van der Waals surface area contributed by atoms with E-state index in [9.17, 15) is 22.4 Å². The van der Waals surface area contributed by atoms with E-state index in [1.165, 1.54) is 18.2 Å². The van der Waals surface area contributed by atoms with E-state index in [-0.39, 0.29) is 15.7 Å². The number of nitrogen functional groups attached to an aromatic ring is 1. The smallest absolute Gasteiger partial charge is 0.324 e. The number of benzene rings is 1. The first-order chi connectivity index (χ1) is 8.25. The minimum absolute atomic E-state index is 0.0000614. The summed E-state index contributed by atoms with van der Waals surface area (Å²) in [5.41, 5.74) is 5.73. The minimum Gasteiger partial charge on any atom is -0.398 e. The average molecular weight is 329 g/mol. The molecule has 0 saturated heterocycles. The van der Waals surface area contributed by atoms with Crippen molar-refractivity contribution >= 4 is 27.5 Å². The number of amides is 1. The Hall–Kier alpha value is -1.31. The molecular weight excluding hydrogens is 320 g/mol. The normalized spacial score (nSPS) is 11.7. The van der Waals surface area contributed by atoms with Crippen LogP contribution in [0.15, 0.2) is 22.7 Å². The van der Waals surface area contributed by atoms with E-state index >= 15 is 0 Å². The van der Waals surface area contributed by atoms with Crippen LogP contribution in [0.2, 0.25) is 0 Å². The highest BCUT2D eigenvalue weighted by Crippen LogP contribution is 2.25. The summed E-state index contributed by atoms with van der Waals surface area (Å²) in [7, 11) is 0. The molecule has 0 aromatic heterocycles. The lowest BCUT2D eigenvalue weighted by Gasteiger charge is -2.16. The lowest BCUT2D eigenvalue weighted by atomic mass is 10.2. The molecule has 8 heteroatoms. The number of hydrogen-bond donors (Lipinski definition) is 2. The van der Waals surface area contributed by atoms with Gasteiger partial charge in [-0.05, 0) is 28.1 Å². The zero-order valence-electron chi connectivity index (χ0n) is 8.89. The molecule has 3 nitrogen and oxygen atoms in total. The fourth-order valence-electron chi connectivity index (χ4n) is 1.10. The second-order valence-corrected chi connectivity index (χ2v) is 4.25. The van der Waals surface area contributed by atoms with Gasteiger partial charge in [-0.15, -0.1) is 0 Å². The standard InChI is InChI=1S/C10H9BrF4N2O/c11-7-5(2-1-3-6(7)16)8(18)17-4-10(14,15)9(12)13/h1-3,9H,4,16H2,(H,17,18). The Morgan fingerprint density at radius 1 is 1.44 bits per heavy atom. The lowest BCUT2D eigenvalue weighted by Crippen LogP contribution is -2.41. The van der Waals surface area contributed by atoms with E-state index < -0.39 is 24.8 Å². The largest absolute Gasteiger partial charge is 0.398 e. The van der Waals surface area contributed by atoms with Crippen LogP contribution in [0, 0.1) is 0 Å². The molecule has 0 radical (unpaired) electrons. The second-order valence-electron chi connectivity index (χ2n) is 3.45. The molecule has 0 heterocycles. The third-order valence-corrected chi connectivity index (χ3v) is 2.96. The van der Waals surface area contributed by atoms with E-state index in [2.05, 4.69) is 15.9 Å². The maximum absolute atomic E-state index is 12.6. The Morgan fingerprint density at radius 3 is 2.61 bits per heavy atom. The summed E-state index contributed by atoms with van der Waals surface area (Å²) in [6.45, 7) is -1.44. The first-order valence-electron chi connectivity index (χ1n) is 4.74. The molecule has 1 amide bonds. The number of halogens is 5. The maximum Gasteiger partial charge on any atom is 0.324 e. The summed E-state index contributed by atoms with van der Waals surface area (Å²) in [6.07, 6.45) is -3.83. The predicted molar refractivity (Wildman–Crippen MR) is 61.8 cm³/mol. The number of alkyl halides is 4.